The molecule has 2 N–H and O–H groups in total. The van der Waals surface area contributed by atoms with Crippen LogP contribution < -0.4 is 15.5 Å². The van der Waals surface area contributed by atoms with E-state index >= 15 is 0 Å². The maximum atomic E-state index is 5.94. The lowest BCUT2D eigenvalue weighted by Crippen LogP contribution is -2.31. The number of nitrogens with zero attached hydrogens (tertiary/aromatic N) is 1. The van der Waals surface area contributed by atoms with Crippen molar-refractivity contribution < 1.29 is 4.74 Å². The largest absolute Gasteiger partial charge is 0.486 e. The molecule has 0 spiro atoms. The Bertz CT molecular complexity index is 684. The SMILES string of the molecule is C=CCNC(=S)N/N=C/c1ccc(OC(C)c2ccccc2)cc1. The van der Waals surface area contributed by atoms with Gasteiger partial charge < -0.3 is 10.1 Å². The molecule has 0 fully saturated rings. The summed E-state index contributed by atoms with van der Waals surface area (Å²) in [7, 11) is 0. The molecule has 2 aromatic carbocycles. The maximum absolute atomic E-state index is 5.94. The number of hydrogen-bond acceptors (Lipinski definition) is 3. The van der Waals surface area contributed by atoms with E-state index in [2.05, 4.69) is 34.6 Å². The van der Waals surface area contributed by atoms with E-state index < -0.39 is 0 Å². The van der Waals surface area contributed by atoms with Crippen LogP contribution in [0.5, 0.6) is 5.75 Å². The van der Waals surface area contributed by atoms with Crippen LogP contribution in [0.3, 0.4) is 0 Å². The first-order valence-corrected chi connectivity index (χ1v) is 8.09. The van der Waals surface area contributed by atoms with E-state index in [1.165, 1.54) is 0 Å². The van der Waals surface area contributed by atoms with Gasteiger partial charge in [0, 0.05) is 6.54 Å². The molecule has 4 nitrogen and oxygen atoms in total. The highest BCUT2D eigenvalue weighted by molar-refractivity contribution is 7.80. The van der Waals surface area contributed by atoms with Crippen LogP contribution in [0.1, 0.15) is 24.2 Å². The summed E-state index contributed by atoms with van der Waals surface area (Å²) >= 11 is 5.05. The minimum Gasteiger partial charge on any atom is -0.486 e. The summed E-state index contributed by atoms with van der Waals surface area (Å²) in [5, 5.41) is 7.47. The minimum absolute atomic E-state index is 0.000641. The van der Waals surface area contributed by atoms with Crippen molar-refractivity contribution in [1.82, 2.24) is 10.7 Å². The summed E-state index contributed by atoms with van der Waals surface area (Å²) in [4.78, 5) is 0. The smallest absolute Gasteiger partial charge is 0.187 e. The van der Waals surface area contributed by atoms with Crippen molar-refractivity contribution in [2.24, 2.45) is 5.10 Å². The van der Waals surface area contributed by atoms with Crippen molar-refractivity contribution in [2.75, 3.05) is 6.54 Å². The summed E-state index contributed by atoms with van der Waals surface area (Å²) in [5.74, 6) is 0.819. The number of benzene rings is 2. The van der Waals surface area contributed by atoms with E-state index in [4.69, 9.17) is 17.0 Å². The lowest BCUT2D eigenvalue weighted by molar-refractivity contribution is 0.227. The van der Waals surface area contributed by atoms with Crippen LogP contribution in [0.2, 0.25) is 0 Å². The molecule has 2 rings (SSSR count). The Morgan fingerprint density at radius 2 is 1.92 bits per heavy atom. The van der Waals surface area contributed by atoms with Crippen molar-refractivity contribution in [3.63, 3.8) is 0 Å². The third kappa shape index (κ3) is 5.85. The fraction of sp³-hybridized carbons (Fsp3) is 0.158. The molecule has 0 aromatic heterocycles. The third-order valence-corrected chi connectivity index (χ3v) is 3.48. The number of hydrazone groups is 1. The molecule has 0 amide bonds. The van der Waals surface area contributed by atoms with Crippen LogP contribution in [-0.2, 0) is 0 Å². The molecular formula is C19H21N3OS. The molecule has 0 bridgehead atoms. The molecule has 1 atom stereocenters. The highest BCUT2D eigenvalue weighted by Crippen LogP contribution is 2.21. The van der Waals surface area contributed by atoms with E-state index in [0.717, 1.165) is 16.9 Å². The molecule has 5 heteroatoms. The summed E-state index contributed by atoms with van der Waals surface area (Å²) in [6, 6.07) is 17.9. The molecular weight excluding hydrogens is 318 g/mol. The third-order valence-electron chi connectivity index (χ3n) is 3.25. The quantitative estimate of drug-likeness (QED) is 0.348. The molecule has 0 aliphatic heterocycles. The molecule has 24 heavy (non-hydrogen) atoms. The first-order valence-electron chi connectivity index (χ1n) is 7.68. The van der Waals surface area contributed by atoms with Gasteiger partial charge in [-0.1, -0.05) is 36.4 Å². The number of ether oxygens (including phenoxy) is 1. The molecule has 0 saturated heterocycles. The lowest BCUT2D eigenvalue weighted by Gasteiger charge is -2.15. The van der Waals surface area contributed by atoms with Crippen LogP contribution in [0.25, 0.3) is 0 Å². The van der Waals surface area contributed by atoms with Crippen molar-refractivity contribution in [3.8, 4) is 5.75 Å². The van der Waals surface area contributed by atoms with Gasteiger partial charge in [0.05, 0.1) is 6.21 Å². The highest BCUT2D eigenvalue weighted by Gasteiger charge is 2.06. The Balaban J connectivity index is 1.86. The van der Waals surface area contributed by atoms with Gasteiger partial charge in [0.25, 0.3) is 0 Å². The average molecular weight is 339 g/mol. The zero-order valence-corrected chi connectivity index (χ0v) is 14.4. The van der Waals surface area contributed by atoms with Crippen molar-refractivity contribution in [3.05, 3.63) is 78.4 Å². The normalized spacial score (nSPS) is 11.7. The first-order chi connectivity index (χ1) is 11.7. The minimum atomic E-state index is 0.000641. The van der Waals surface area contributed by atoms with Crippen molar-refractivity contribution >= 4 is 23.5 Å². The average Bonchev–Trinajstić information content (AvgIpc) is 2.62. The van der Waals surface area contributed by atoms with Crippen LogP contribution in [0.15, 0.2) is 72.4 Å². The number of nitrogens with one attached hydrogen (secondary N) is 2. The number of rotatable bonds is 7. The predicted octanol–water partition coefficient (Wildman–Crippen LogP) is 3.81. The van der Waals surface area contributed by atoms with E-state index in [1.54, 1.807) is 12.3 Å². The second kappa shape index (κ2) is 9.47. The van der Waals surface area contributed by atoms with Gasteiger partial charge in [0.15, 0.2) is 5.11 Å². The molecule has 2 aromatic rings. The molecule has 0 saturated carbocycles. The van der Waals surface area contributed by atoms with Crippen LogP contribution in [-0.4, -0.2) is 17.9 Å². The van der Waals surface area contributed by atoms with Gasteiger partial charge in [-0.25, -0.2) is 0 Å². The van der Waals surface area contributed by atoms with Gasteiger partial charge in [-0.2, -0.15) is 5.10 Å². The Morgan fingerprint density at radius 3 is 2.58 bits per heavy atom. The van der Waals surface area contributed by atoms with Crippen LogP contribution in [0.4, 0.5) is 0 Å². The van der Waals surface area contributed by atoms with Gasteiger partial charge in [-0.15, -0.1) is 6.58 Å². The fourth-order valence-corrected chi connectivity index (χ4v) is 2.13. The molecule has 1 unspecified atom stereocenters. The van der Waals surface area contributed by atoms with Gasteiger partial charge >= 0.3 is 0 Å². The monoisotopic (exact) mass is 339 g/mol. The Kier molecular flexibility index (Phi) is 6.98. The molecule has 0 aliphatic rings. The summed E-state index contributed by atoms with van der Waals surface area (Å²) in [5.41, 5.74) is 4.84. The van der Waals surface area contributed by atoms with Crippen molar-refractivity contribution in [2.45, 2.75) is 13.0 Å². The Hall–Kier alpha value is -2.66. The topological polar surface area (TPSA) is 45.7 Å². The zero-order valence-electron chi connectivity index (χ0n) is 13.6. The Morgan fingerprint density at radius 1 is 1.21 bits per heavy atom. The molecule has 0 radical (unpaired) electrons. The van der Waals surface area contributed by atoms with Gasteiger partial charge in [-0.3, -0.25) is 5.43 Å². The summed E-state index contributed by atoms with van der Waals surface area (Å²) in [6.07, 6.45) is 3.43. The van der Waals surface area contributed by atoms with Crippen LogP contribution >= 0.6 is 12.2 Å². The molecule has 0 heterocycles. The van der Waals surface area contributed by atoms with E-state index in [1.807, 2.05) is 49.4 Å². The first kappa shape index (κ1) is 17.7. The van der Waals surface area contributed by atoms with Gasteiger partial charge in [0.1, 0.15) is 11.9 Å². The molecule has 0 aliphatic carbocycles. The predicted molar refractivity (Wildman–Crippen MR) is 103 cm³/mol. The maximum Gasteiger partial charge on any atom is 0.187 e. The zero-order chi connectivity index (χ0) is 17.2. The lowest BCUT2D eigenvalue weighted by atomic mass is 10.1. The second-order valence-electron chi connectivity index (χ2n) is 5.11. The van der Waals surface area contributed by atoms with Gasteiger partial charge in [-0.05, 0) is 54.5 Å². The highest BCUT2D eigenvalue weighted by atomic mass is 32.1. The fourth-order valence-electron chi connectivity index (χ4n) is 2.00. The summed E-state index contributed by atoms with van der Waals surface area (Å²) < 4.78 is 5.94. The van der Waals surface area contributed by atoms with E-state index in [0.29, 0.717) is 11.7 Å². The van der Waals surface area contributed by atoms with Gasteiger partial charge in [0.2, 0.25) is 0 Å². The Labute approximate surface area is 148 Å². The van der Waals surface area contributed by atoms with Crippen molar-refractivity contribution in [1.29, 1.82) is 0 Å². The number of hydrogen-bond donors (Lipinski definition) is 2. The molecule has 124 valence electrons. The van der Waals surface area contributed by atoms with E-state index in [9.17, 15) is 0 Å². The van der Waals surface area contributed by atoms with E-state index in [-0.39, 0.29) is 6.10 Å². The standard InChI is InChI=1S/C19H21N3OS/c1-3-13-20-19(24)22-21-14-16-9-11-18(12-10-16)23-15(2)17-7-5-4-6-8-17/h3-12,14-15H,1,13H2,2H3,(H2,20,22,24)/b21-14+. The summed E-state index contributed by atoms with van der Waals surface area (Å²) in [6.45, 7) is 6.25. The number of thiocarbonyl (C=S) groups is 1. The second-order valence-corrected chi connectivity index (χ2v) is 5.52. The van der Waals surface area contributed by atoms with Crippen LogP contribution in [0, 0.1) is 0 Å².